The van der Waals surface area contributed by atoms with E-state index in [-0.39, 0.29) is 5.91 Å². The SMILES string of the molecule is O=C(CCCCCCCOc1ccc(-c2nc3ccccc3[nH]2)cc1)NO. The molecule has 1 aromatic heterocycles. The summed E-state index contributed by atoms with van der Waals surface area (Å²) in [6.45, 7) is 0.682. The van der Waals surface area contributed by atoms with Crippen LogP contribution in [0.4, 0.5) is 0 Å². The molecule has 0 unspecified atom stereocenters. The molecule has 0 spiro atoms. The number of benzene rings is 2. The monoisotopic (exact) mass is 367 g/mol. The Morgan fingerprint density at radius 1 is 1.00 bits per heavy atom. The molecule has 0 saturated carbocycles. The van der Waals surface area contributed by atoms with Crippen molar-refractivity contribution in [2.75, 3.05) is 6.61 Å². The molecule has 0 bridgehead atoms. The van der Waals surface area contributed by atoms with Crippen LogP contribution in [-0.4, -0.2) is 27.7 Å². The molecule has 0 aliphatic heterocycles. The lowest BCUT2D eigenvalue weighted by Crippen LogP contribution is -2.17. The lowest BCUT2D eigenvalue weighted by atomic mass is 10.1. The van der Waals surface area contributed by atoms with Crippen molar-refractivity contribution in [3.05, 3.63) is 48.5 Å². The maximum atomic E-state index is 10.9. The summed E-state index contributed by atoms with van der Waals surface area (Å²) >= 11 is 0. The van der Waals surface area contributed by atoms with Crippen LogP contribution in [0.15, 0.2) is 48.5 Å². The lowest BCUT2D eigenvalue weighted by Gasteiger charge is -2.07. The third-order valence-corrected chi connectivity index (χ3v) is 4.46. The van der Waals surface area contributed by atoms with Crippen LogP contribution in [0.1, 0.15) is 38.5 Å². The Morgan fingerprint density at radius 3 is 2.52 bits per heavy atom. The van der Waals surface area contributed by atoms with E-state index in [2.05, 4.69) is 9.97 Å². The number of nitrogens with one attached hydrogen (secondary N) is 2. The number of carbonyl (C=O) groups excluding carboxylic acids is 1. The van der Waals surface area contributed by atoms with Crippen molar-refractivity contribution in [3.63, 3.8) is 0 Å². The molecule has 0 atom stereocenters. The summed E-state index contributed by atoms with van der Waals surface area (Å²) in [5.74, 6) is 1.40. The van der Waals surface area contributed by atoms with E-state index >= 15 is 0 Å². The molecular formula is C21H25N3O3. The van der Waals surface area contributed by atoms with E-state index in [1.54, 1.807) is 5.48 Å². The molecule has 3 aromatic rings. The first-order valence-corrected chi connectivity index (χ1v) is 9.37. The molecule has 0 fully saturated rings. The van der Waals surface area contributed by atoms with E-state index in [1.165, 1.54) is 0 Å². The van der Waals surface area contributed by atoms with Crippen LogP contribution >= 0.6 is 0 Å². The molecule has 6 heteroatoms. The van der Waals surface area contributed by atoms with Gasteiger partial charge in [0.2, 0.25) is 5.91 Å². The van der Waals surface area contributed by atoms with Crippen molar-refractivity contribution in [1.82, 2.24) is 15.4 Å². The van der Waals surface area contributed by atoms with Crippen LogP contribution < -0.4 is 10.2 Å². The Labute approximate surface area is 158 Å². The van der Waals surface area contributed by atoms with Gasteiger partial charge in [-0.15, -0.1) is 0 Å². The number of amides is 1. The highest BCUT2D eigenvalue weighted by Crippen LogP contribution is 2.23. The third kappa shape index (κ3) is 5.56. The number of aromatic nitrogens is 2. The molecular weight excluding hydrogens is 342 g/mol. The van der Waals surface area contributed by atoms with Crippen LogP contribution in [0.3, 0.4) is 0 Å². The van der Waals surface area contributed by atoms with E-state index in [9.17, 15) is 4.79 Å². The predicted octanol–water partition coefficient (Wildman–Crippen LogP) is 4.45. The summed E-state index contributed by atoms with van der Waals surface area (Å²) in [4.78, 5) is 18.8. The maximum absolute atomic E-state index is 10.9. The Balaban J connectivity index is 1.37. The minimum atomic E-state index is -0.315. The van der Waals surface area contributed by atoms with E-state index in [1.807, 2.05) is 48.5 Å². The van der Waals surface area contributed by atoms with E-state index < -0.39 is 0 Å². The standard InChI is InChI=1S/C21H25N3O3/c25-20(24-26)10-4-2-1-3-7-15-27-17-13-11-16(12-14-17)21-22-18-8-5-6-9-19(18)23-21/h5-6,8-9,11-14,26H,1-4,7,10,15H2,(H,22,23)(H,24,25). The average Bonchev–Trinajstić information content (AvgIpc) is 3.14. The van der Waals surface area contributed by atoms with Crippen molar-refractivity contribution in [1.29, 1.82) is 0 Å². The number of rotatable bonds is 10. The van der Waals surface area contributed by atoms with E-state index in [0.29, 0.717) is 13.0 Å². The van der Waals surface area contributed by atoms with Gasteiger partial charge >= 0.3 is 0 Å². The lowest BCUT2D eigenvalue weighted by molar-refractivity contribution is -0.129. The molecule has 142 valence electrons. The maximum Gasteiger partial charge on any atom is 0.243 e. The predicted molar refractivity (Wildman–Crippen MR) is 105 cm³/mol. The largest absolute Gasteiger partial charge is 0.494 e. The molecule has 27 heavy (non-hydrogen) atoms. The second-order valence-electron chi connectivity index (χ2n) is 6.53. The van der Waals surface area contributed by atoms with Gasteiger partial charge in [0.25, 0.3) is 0 Å². The minimum absolute atomic E-state index is 0.315. The Bertz CT molecular complexity index is 825. The van der Waals surface area contributed by atoms with Gasteiger partial charge in [0.05, 0.1) is 17.6 Å². The zero-order valence-electron chi connectivity index (χ0n) is 15.3. The van der Waals surface area contributed by atoms with E-state index in [4.69, 9.17) is 9.94 Å². The van der Waals surface area contributed by atoms with Crippen molar-refractivity contribution in [2.45, 2.75) is 38.5 Å². The number of nitrogens with zero attached hydrogens (tertiary/aromatic N) is 1. The number of fused-ring (bicyclic) bond motifs is 1. The number of para-hydroxylation sites is 2. The molecule has 0 aliphatic rings. The van der Waals surface area contributed by atoms with Gasteiger partial charge in [0, 0.05) is 12.0 Å². The van der Waals surface area contributed by atoms with E-state index in [0.717, 1.165) is 60.3 Å². The summed E-state index contributed by atoms with van der Waals surface area (Å²) in [6, 6.07) is 16.0. The van der Waals surface area contributed by atoms with Crippen molar-refractivity contribution in [2.24, 2.45) is 0 Å². The number of carbonyl (C=O) groups is 1. The molecule has 0 saturated heterocycles. The quantitative estimate of drug-likeness (QED) is 0.281. The number of imidazole rings is 1. The van der Waals surface area contributed by atoms with Gasteiger partial charge in [-0.3, -0.25) is 10.0 Å². The van der Waals surface area contributed by atoms with Gasteiger partial charge in [-0.2, -0.15) is 0 Å². The summed E-state index contributed by atoms with van der Waals surface area (Å²) in [5, 5.41) is 8.41. The first kappa shape index (κ1) is 18.9. The van der Waals surface area contributed by atoms with Crippen molar-refractivity contribution >= 4 is 16.9 Å². The third-order valence-electron chi connectivity index (χ3n) is 4.46. The minimum Gasteiger partial charge on any atom is -0.494 e. The Morgan fingerprint density at radius 2 is 1.74 bits per heavy atom. The molecule has 0 radical (unpaired) electrons. The summed E-state index contributed by atoms with van der Waals surface area (Å²) < 4.78 is 5.79. The topological polar surface area (TPSA) is 87.2 Å². The molecule has 3 N–H and O–H groups in total. The zero-order chi connectivity index (χ0) is 18.9. The summed E-state index contributed by atoms with van der Waals surface area (Å²) in [7, 11) is 0. The summed E-state index contributed by atoms with van der Waals surface area (Å²) in [5.41, 5.74) is 4.68. The van der Waals surface area contributed by atoms with Gasteiger partial charge in [0.1, 0.15) is 11.6 Å². The van der Waals surface area contributed by atoms with Gasteiger partial charge in [0.15, 0.2) is 0 Å². The number of hydrogen-bond acceptors (Lipinski definition) is 4. The number of H-pyrrole nitrogens is 1. The molecule has 3 rings (SSSR count). The number of aromatic amines is 1. The number of hydroxylamine groups is 1. The molecule has 6 nitrogen and oxygen atoms in total. The highest BCUT2D eigenvalue weighted by Gasteiger charge is 2.05. The van der Waals surface area contributed by atoms with Gasteiger partial charge in [-0.05, 0) is 49.2 Å². The highest BCUT2D eigenvalue weighted by atomic mass is 16.5. The fourth-order valence-electron chi connectivity index (χ4n) is 2.96. The van der Waals surface area contributed by atoms with Crippen LogP contribution in [0.25, 0.3) is 22.4 Å². The molecule has 2 aromatic carbocycles. The Hall–Kier alpha value is -2.86. The fraction of sp³-hybridized carbons (Fsp3) is 0.333. The zero-order valence-corrected chi connectivity index (χ0v) is 15.3. The normalized spacial score (nSPS) is 10.9. The van der Waals surface area contributed by atoms with Crippen molar-refractivity contribution in [3.8, 4) is 17.1 Å². The number of hydrogen-bond donors (Lipinski definition) is 3. The van der Waals surface area contributed by atoms with Gasteiger partial charge in [-0.1, -0.05) is 31.4 Å². The van der Waals surface area contributed by atoms with Crippen LogP contribution in [0.5, 0.6) is 5.75 Å². The first-order chi connectivity index (χ1) is 13.3. The average molecular weight is 367 g/mol. The first-order valence-electron chi connectivity index (χ1n) is 9.37. The molecule has 1 heterocycles. The van der Waals surface area contributed by atoms with Crippen LogP contribution in [-0.2, 0) is 4.79 Å². The van der Waals surface area contributed by atoms with Gasteiger partial charge in [-0.25, -0.2) is 10.5 Å². The number of unbranched alkanes of at least 4 members (excludes halogenated alkanes) is 4. The second kappa shape index (κ2) is 9.73. The summed E-state index contributed by atoms with van der Waals surface area (Å²) in [6.07, 6.45) is 5.28. The second-order valence-corrected chi connectivity index (χ2v) is 6.53. The fourth-order valence-corrected chi connectivity index (χ4v) is 2.96. The van der Waals surface area contributed by atoms with Crippen molar-refractivity contribution < 1.29 is 14.7 Å². The number of ether oxygens (including phenoxy) is 1. The van der Waals surface area contributed by atoms with Crippen LogP contribution in [0, 0.1) is 0 Å². The smallest absolute Gasteiger partial charge is 0.243 e. The van der Waals surface area contributed by atoms with Gasteiger partial charge < -0.3 is 9.72 Å². The highest BCUT2D eigenvalue weighted by molar-refractivity contribution is 5.79. The Kier molecular flexibility index (Phi) is 6.82. The molecule has 0 aliphatic carbocycles. The molecule has 1 amide bonds. The van der Waals surface area contributed by atoms with Crippen LogP contribution in [0.2, 0.25) is 0 Å².